The molecule has 0 fully saturated rings. The van der Waals surface area contributed by atoms with Crippen molar-refractivity contribution in [3.63, 3.8) is 0 Å². The molecule has 2 rings (SSSR count). The molecule has 1 unspecified atom stereocenters. The molecule has 0 spiro atoms. The molecule has 0 aromatic heterocycles. The molecular formula is C22H31IN4O. The van der Waals surface area contributed by atoms with Crippen molar-refractivity contribution in [1.82, 2.24) is 16.0 Å². The molecule has 6 heteroatoms. The first-order valence-corrected chi connectivity index (χ1v) is 9.44. The number of nitrogens with one attached hydrogen (secondary N) is 3. The van der Waals surface area contributed by atoms with Crippen molar-refractivity contribution in [1.29, 1.82) is 0 Å². The summed E-state index contributed by atoms with van der Waals surface area (Å²) in [7, 11) is 3.42. The van der Waals surface area contributed by atoms with Crippen LogP contribution < -0.4 is 16.0 Å². The Kier molecular flexibility index (Phi) is 11.2. The van der Waals surface area contributed by atoms with E-state index in [4.69, 9.17) is 0 Å². The van der Waals surface area contributed by atoms with Gasteiger partial charge in [-0.15, -0.1) is 24.0 Å². The second-order valence-corrected chi connectivity index (χ2v) is 6.56. The third-order valence-corrected chi connectivity index (χ3v) is 4.58. The minimum Gasteiger partial charge on any atom is -0.356 e. The first-order chi connectivity index (χ1) is 13.1. The van der Waals surface area contributed by atoms with Gasteiger partial charge in [-0.3, -0.25) is 9.79 Å². The molecule has 0 saturated heterocycles. The van der Waals surface area contributed by atoms with Crippen molar-refractivity contribution < 1.29 is 4.79 Å². The van der Waals surface area contributed by atoms with Crippen LogP contribution in [0.5, 0.6) is 0 Å². The van der Waals surface area contributed by atoms with Gasteiger partial charge in [0.1, 0.15) is 0 Å². The van der Waals surface area contributed by atoms with E-state index in [1.807, 2.05) is 30.3 Å². The number of carbonyl (C=O) groups is 1. The molecule has 3 N–H and O–H groups in total. The Labute approximate surface area is 185 Å². The molecule has 1 atom stereocenters. The molecule has 0 heterocycles. The highest BCUT2D eigenvalue weighted by Gasteiger charge is 2.06. The van der Waals surface area contributed by atoms with E-state index in [1.165, 1.54) is 5.56 Å². The number of rotatable bonds is 8. The summed E-state index contributed by atoms with van der Waals surface area (Å²) in [5, 5.41) is 9.35. The molecule has 0 radical (unpaired) electrons. The maximum Gasteiger partial charge on any atom is 0.251 e. The van der Waals surface area contributed by atoms with Crippen molar-refractivity contribution in [3.05, 3.63) is 71.3 Å². The Bertz CT molecular complexity index is 749. The first-order valence-electron chi connectivity index (χ1n) is 9.44. The van der Waals surface area contributed by atoms with Crippen LogP contribution in [0.25, 0.3) is 0 Å². The third-order valence-electron chi connectivity index (χ3n) is 4.58. The van der Waals surface area contributed by atoms with Crippen LogP contribution in [0.1, 0.15) is 40.7 Å². The third kappa shape index (κ3) is 7.88. The van der Waals surface area contributed by atoms with E-state index >= 15 is 0 Å². The molecule has 2 aromatic rings. The summed E-state index contributed by atoms with van der Waals surface area (Å²) in [5.74, 6) is 1.25. The summed E-state index contributed by atoms with van der Waals surface area (Å²) >= 11 is 0. The van der Waals surface area contributed by atoms with Gasteiger partial charge in [0.25, 0.3) is 5.91 Å². The van der Waals surface area contributed by atoms with Gasteiger partial charge in [0.05, 0.1) is 0 Å². The Morgan fingerprint density at radius 3 is 2.43 bits per heavy atom. The highest BCUT2D eigenvalue weighted by atomic mass is 127. The summed E-state index contributed by atoms with van der Waals surface area (Å²) in [4.78, 5) is 16.0. The van der Waals surface area contributed by atoms with Gasteiger partial charge in [-0.2, -0.15) is 0 Å². The fourth-order valence-corrected chi connectivity index (χ4v) is 2.91. The highest BCUT2D eigenvalue weighted by molar-refractivity contribution is 14.0. The zero-order valence-corrected chi connectivity index (χ0v) is 19.2. The second-order valence-electron chi connectivity index (χ2n) is 6.56. The van der Waals surface area contributed by atoms with Crippen molar-refractivity contribution in [3.8, 4) is 0 Å². The number of aliphatic imine (C=N–C) groups is 1. The van der Waals surface area contributed by atoms with E-state index in [0.717, 1.165) is 37.5 Å². The van der Waals surface area contributed by atoms with E-state index < -0.39 is 0 Å². The quantitative estimate of drug-likeness (QED) is 0.299. The number of nitrogens with zero attached hydrogens (tertiary/aromatic N) is 1. The Morgan fingerprint density at radius 2 is 1.75 bits per heavy atom. The summed E-state index contributed by atoms with van der Waals surface area (Å²) in [5.41, 5.74) is 3.17. The molecule has 0 saturated carbocycles. The Hall–Kier alpha value is -2.09. The van der Waals surface area contributed by atoms with Gasteiger partial charge in [0, 0.05) is 32.7 Å². The standard InChI is InChI=1S/C22H30N4O.HI/c1-17(19-9-5-4-6-10-19)12-14-25-22(24-3)26-15-13-18-8-7-11-20(16-18)21(27)23-2;/h4-11,16-17H,12-15H2,1-3H3,(H,23,27)(H2,24,25,26);1H. The minimum atomic E-state index is -0.0604. The van der Waals surface area contributed by atoms with Gasteiger partial charge >= 0.3 is 0 Å². The first kappa shape index (κ1) is 23.9. The predicted octanol–water partition coefficient (Wildman–Crippen LogP) is 3.57. The van der Waals surface area contributed by atoms with E-state index in [9.17, 15) is 4.79 Å². The average Bonchev–Trinajstić information content (AvgIpc) is 2.72. The van der Waals surface area contributed by atoms with Gasteiger partial charge in [0.15, 0.2) is 5.96 Å². The summed E-state index contributed by atoms with van der Waals surface area (Å²) in [6, 6.07) is 18.3. The van der Waals surface area contributed by atoms with Crippen LogP contribution in [0, 0.1) is 0 Å². The van der Waals surface area contributed by atoms with E-state index in [-0.39, 0.29) is 29.9 Å². The van der Waals surface area contributed by atoms with Crippen LogP contribution in [0.2, 0.25) is 0 Å². The normalized spacial score (nSPS) is 11.9. The lowest BCUT2D eigenvalue weighted by Gasteiger charge is -2.15. The van der Waals surface area contributed by atoms with E-state index in [1.54, 1.807) is 14.1 Å². The van der Waals surface area contributed by atoms with Gasteiger partial charge in [-0.1, -0.05) is 49.4 Å². The number of hydrogen-bond donors (Lipinski definition) is 3. The summed E-state index contributed by atoms with van der Waals surface area (Å²) in [6.07, 6.45) is 1.87. The van der Waals surface area contributed by atoms with Crippen LogP contribution in [-0.2, 0) is 6.42 Å². The van der Waals surface area contributed by atoms with Crippen molar-refractivity contribution >= 4 is 35.8 Å². The molecule has 0 aliphatic heterocycles. The summed E-state index contributed by atoms with van der Waals surface area (Å²) < 4.78 is 0. The number of guanidine groups is 1. The summed E-state index contributed by atoms with van der Waals surface area (Å²) in [6.45, 7) is 3.86. The fraction of sp³-hybridized carbons (Fsp3) is 0.364. The predicted molar refractivity (Wildman–Crippen MR) is 128 cm³/mol. The van der Waals surface area contributed by atoms with Crippen LogP contribution >= 0.6 is 24.0 Å². The molecule has 1 amide bonds. The van der Waals surface area contributed by atoms with Gasteiger partial charge in [0.2, 0.25) is 0 Å². The van der Waals surface area contributed by atoms with Crippen LogP contribution in [0.15, 0.2) is 59.6 Å². The molecule has 2 aromatic carbocycles. The lowest BCUT2D eigenvalue weighted by atomic mass is 9.98. The lowest BCUT2D eigenvalue weighted by molar-refractivity contribution is 0.0963. The van der Waals surface area contributed by atoms with E-state index in [0.29, 0.717) is 11.5 Å². The Morgan fingerprint density at radius 1 is 1.04 bits per heavy atom. The maximum atomic E-state index is 11.7. The Balaban J connectivity index is 0.00000392. The average molecular weight is 494 g/mol. The minimum absolute atomic E-state index is 0. The van der Waals surface area contributed by atoms with Crippen molar-refractivity contribution in [2.24, 2.45) is 4.99 Å². The fourth-order valence-electron chi connectivity index (χ4n) is 2.91. The highest BCUT2D eigenvalue weighted by Crippen LogP contribution is 2.17. The molecule has 0 aliphatic rings. The number of hydrogen-bond acceptors (Lipinski definition) is 2. The van der Waals surface area contributed by atoms with Crippen LogP contribution in [-0.4, -0.2) is 39.1 Å². The molecular weight excluding hydrogens is 463 g/mol. The number of carbonyl (C=O) groups excluding carboxylic acids is 1. The largest absolute Gasteiger partial charge is 0.356 e. The maximum absolute atomic E-state index is 11.7. The zero-order valence-electron chi connectivity index (χ0n) is 16.9. The second kappa shape index (κ2) is 13.1. The molecule has 0 bridgehead atoms. The topological polar surface area (TPSA) is 65.5 Å². The number of amides is 1. The zero-order chi connectivity index (χ0) is 19.5. The van der Waals surface area contributed by atoms with Crippen molar-refractivity contribution in [2.45, 2.75) is 25.7 Å². The van der Waals surface area contributed by atoms with Crippen LogP contribution in [0.3, 0.4) is 0 Å². The van der Waals surface area contributed by atoms with Gasteiger partial charge in [-0.25, -0.2) is 0 Å². The van der Waals surface area contributed by atoms with Gasteiger partial charge in [-0.05, 0) is 42.0 Å². The lowest BCUT2D eigenvalue weighted by Crippen LogP contribution is -2.39. The van der Waals surface area contributed by atoms with Gasteiger partial charge < -0.3 is 16.0 Å². The van der Waals surface area contributed by atoms with Crippen LogP contribution in [0.4, 0.5) is 0 Å². The number of benzene rings is 2. The number of halogens is 1. The molecule has 28 heavy (non-hydrogen) atoms. The molecule has 5 nitrogen and oxygen atoms in total. The SMILES string of the molecule is CN=C(NCCc1cccc(C(=O)NC)c1)NCCC(C)c1ccccc1.I. The molecule has 152 valence electrons. The smallest absolute Gasteiger partial charge is 0.251 e. The van der Waals surface area contributed by atoms with Crippen molar-refractivity contribution in [2.75, 3.05) is 27.2 Å². The molecule has 0 aliphatic carbocycles. The monoisotopic (exact) mass is 494 g/mol. The van der Waals surface area contributed by atoms with E-state index in [2.05, 4.69) is 52.1 Å².